The van der Waals surface area contributed by atoms with Gasteiger partial charge in [0.05, 0.1) is 13.2 Å². The van der Waals surface area contributed by atoms with Crippen molar-refractivity contribution in [2.45, 2.75) is 17.9 Å². The molecule has 0 aromatic heterocycles. The number of thioether (sulfide) groups is 1. The van der Waals surface area contributed by atoms with E-state index < -0.39 is 0 Å². The molecule has 0 aliphatic rings. The fourth-order valence-corrected chi connectivity index (χ4v) is 2.70. The van der Waals surface area contributed by atoms with Gasteiger partial charge in [0.1, 0.15) is 0 Å². The summed E-state index contributed by atoms with van der Waals surface area (Å²) >= 11 is 1.71. The zero-order valence-electron chi connectivity index (χ0n) is 12.5. The van der Waals surface area contributed by atoms with Crippen LogP contribution in [0.5, 0.6) is 5.75 Å². The molecule has 112 valence electrons. The minimum atomic E-state index is -0.335. The third-order valence-corrected chi connectivity index (χ3v) is 4.11. The van der Waals surface area contributed by atoms with Crippen LogP contribution in [0.1, 0.15) is 24.1 Å². The molecule has 2 nitrogen and oxygen atoms in total. The van der Waals surface area contributed by atoms with E-state index in [4.69, 9.17) is 4.74 Å². The van der Waals surface area contributed by atoms with E-state index >= 15 is 0 Å². The molecule has 4 heteroatoms. The van der Waals surface area contributed by atoms with Gasteiger partial charge in [-0.05, 0) is 48.2 Å². The van der Waals surface area contributed by atoms with Crippen molar-refractivity contribution >= 4 is 11.8 Å². The van der Waals surface area contributed by atoms with Crippen molar-refractivity contribution in [1.82, 2.24) is 5.32 Å². The van der Waals surface area contributed by atoms with Gasteiger partial charge in [0.15, 0.2) is 11.6 Å². The Kier molecular flexibility index (Phi) is 5.65. The first kappa shape index (κ1) is 15.9. The molecule has 1 unspecified atom stereocenters. The average molecular weight is 305 g/mol. The molecule has 0 saturated carbocycles. The first-order valence-electron chi connectivity index (χ1n) is 6.90. The third kappa shape index (κ3) is 3.77. The standard InChI is InChI=1S/C17H20FNOS/c1-4-19-17(12-5-8-14(21-3)9-6-12)13-7-10-16(20-2)15(18)11-13/h5-11,17,19H,4H2,1-3H3. The van der Waals surface area contributed by atoms with E-state index in [1.165, 1.54) is 18.1 Å². The maximum Gasteiger partial charge on any atom is 0.165 e. The van der Waals surface area contributed by atoms with Gasteiger partial charge in [-0.3, -0.25) is 0 Å². The molecule has 0 radical (unpaired) electrons. The predicted molar refractivity (Wildman–Crippen MR) is 86.7 cm³/mol. The maximum atomic E-state index is 13.9. The molecular formula is C17H20FNOS. The highest BCUT2D eigenvalue weighted by atomic mass is 32.2. The first-order valence-corrected chi connectivity index (χ1v) is 8.12. The normalized spacial score (nSPS) is 12.2. The highest BCUT2D eigenvalue weighted by Crippen LogP contribution is 2.27. The average Bonchev–Trinajstić information content (AvgIpc) is 2.52. The Morgan fingerprint density at radius 1 is 1.14 bits per heavy atom. The first-order chi connectivity index (χ1) is 10.2. The van der Waals surface area contributed by atoms with E-state index in [9.17, 15) is 4.39 Å². The molecule has 2 rings (SSSR count). The summed E-state index contributed by atoms with van der Waals surface area (Å²) in [6, 6.07) is 13.4. The Morgan fingerprint density at radius 3 is 2.33 bits per heavy atom. The summed E-state index contributed by atoms with van der Waals surface area (Å²) in [6.07, 6.45) is 2.05. The highest BCUT2D eigenvalue weighted by molar-refractivity contribution is 7.98. The number of methoxy groups -OCH3 is 1. The van der Waals surface area contributed by atoms with Crippen LogP contribution in [0.15, 0.2) is 47.4 Å². The summed E-state index contributed by atoms with van der Waals surface area (Å²) in [7, 11) is 1.47. The Balaban J connectivity index is 2.35. The Morgan fingerprint density at radius 2 is 1.81 bits per heavy atom. The number of halogens is 1. The highest BCUT2D eigenvalue weighted by Gasteiger charge is 2.15. The lowest BCUT2D eigenvalue weighted by atomic mass is 9.98. The number of hydrogen-bond donors (Lipinski definition) is 1. The van der Waals surface area contributed by atoms with Crippen LogP contribution in [0.2, 0.25) is 0 Å². The van der Waals surface area contributed by atoms with E-state index in [0.717, 1.165) is 17.7 Å². The zero-order valence-corrected chi connectivity index (χ0v) is 13.3. The van der Waals surface area contributed by atoms with E-state index in [0.29, 0.717) is 0 Å². The zero-order chi connectivity index (χ0) is 15.2. The van der Waals surface area contributed by atoms with E-state index in [-0.39, 0.29) is 17.6 Å². The molecule has 21 heavy (non-hydrogen) atoms. The molecule has 0 saturated heterocycles. The molecule has 0 aliphatic carbocycles. The van der Waals surface area contributed by atoms with E-state index in [2.05, 4.69) is 35.8 Å². The van der Waals surface area contributed by atoms with Crippen LogP contribution >= 0.6 is 11.8 Å². The summed E-state index contributed by atoms with van der Waals surface area (Å²) < 4.78 is 18.9. The smallest absolute Gasteiger partial charge is 0.165 e. The van der Waals surface area contributed by atoms with Crippen LogP contribution in [-0.2, 0) is 0 Å². The van der Waals surface area contributed by atoms with Gasteiger partial charge in [-0.1, -0.05) is 25.1 Å². The van der Waals surface area contributed by atoms with Gasteiger partial charge in [-0.25, -0.2) is 4.39 Å². The van der Waals surface area contributed by atoms with Gasteiger partial charge >= 0.3 is 0 Å². The number of hydrogen-bond acceptors (Lipinski definition) is 3. The molecule has 0 heterocycles. The van der Waals surface area contributed by atoms with Crippen LogP contribution in [0.25, 0.3) is 0 Å². The van der Waals surface area contributed by atoms with Crippen molar-refractivity contribution in [3.63, 3.8) is 0 Å². The van der Waals surface area contributed by atoms with Gasteiger partial charge in [0.25, 0.3) is 0 Å². The lowest BCUT2D eigenvalue weighted by molar-refractivity contribution is 0.385. The van der Waals surface area contributed by atoms with Crippen molar-refractivity contribution in [1.29, 1.82) is 0 Å². The third-order valence-electron chi connectivity index (χ3n) is 3.37. The number of rotatable bonds is 6. The largest absolute Gasteiger partial charge is 0.494 e. The Hall–Kier alpha value is -1.52. The van der Waals surface area contributed by atoms with Gasteiger partial charge in [0, 0.05) is 4.90 Å². The molecule has 2 aromatic rings. The molecule has 0 amide bonds. The van der Waals surface area contributed by atoms with Crippen molar-refractivity contribution < 1.29 is 9.13 Å². The Bertz CT molecular complexity index is 586. The topological polar surface area (TPSA) is 21.3 Å². The molecule has 2 aromatic carbocycles. The molecule has 0 fully saturated rings. The maximum absolute atomic E-state index is 13.9. The second-order valence-corrected chi connectivity index (χ2v) is 5.54. The summed E-state index contributed by atoms with van der Waals surface area (Å²) in [5.41, 5.74) is 2.02. The van der Waals surface area contributed by atoms with Crippen molar-refractivity contribution in [3.8, 4) is 5.75 Å². The second kappa shape index (κ2) is 7.48. The fraction of sp³-hybridized carbons (Fsp3) is 0.294. The molecule has 1 N–H and O–H groups in total. The van der Waals surface area contributed by atoms with Crippen LogP contribution in [0.3, 0.4) is 0 Å². The molecule has 1 atom stereocenters. The van der Waals surface area contributed by atoms with E-state index in [1.807, 2.05) is 13.0 Å². The number of nitrogens with one attached hydrogen (secondary N) is 1. The number of ether oxygens (including phenoxy) is 1. The number of benzene rings is 2. The van der Waals surface area contributed by atoms with Gasteiger partial charge < -0.3 is 10.1 Å². The summed E-state index contributed by atoms with van der Waals surface area (Å²) in [5.74, 6) is -0.0645. The summed E-state index contributed by atoms with van der Waals surface area (Å²) in [6.45, 7) is 2.85. The van der Waals surface area contributed by atoms with E-state index in [1.54, 1.807) is 17.8 Å². The lowest BCUT2D eigenvalue weighted by Crippen LogP contribution is -2.22. The fourth-order valence-electron chi connectivity index (χ4n) is 2.29. The van der Waals surface area contributed by atoms with Crippen LogP contribution in [-0.4, -0.2) is 19.9 Å². The van der Waals surface area contributed by atoms with Crippen molar-refractivity contribution in [3.05, 3.63) is 59.4 Å². The molecule has 0 spiro atoms. The minimum absolute atomic E-state index is 0.0219. The van der Waals surface area contributed by atoms with Crippen LogP contribution in [0, 0.1) is 5.82 Å². The van der Waals surface area contributed by atoms with Crippen LogP contribution in [0.4, 0.5) is 4.39 Å². The van der Waals surface area contributed by atoms with Gasteiger partial charge in [0.2, 0.25) is 0 Å². The summed E-state index contributed by atoms with van der Waals surface area (Å²) in [5, 5.41) is 3.40. The van der Waals surface area contributed by atoms with Gasteiger partial charge in [-0.15, -0.1) is 11.8 Å². The molecule has 0 bridgehead atoms. The van der Waals surface area contributed by atoms with Crippen molar-refractivity contribution in [2.75, 3.05) is 19.9 Å². The molecule has 0 aliphatic heterocycles. The monoisotopic (exact) mass is 305 g/mol. The quantitative estimate of drug-likeness (QED) is 0.806. The minimum Gasteiger partial charge on any atom is -0.494 e. The predicted octanol–water partition coefficient (Wildman–Crippen LogP) is 4.26. The lowest BCUT2D eigenvalue weighted by Gasteiger charge is -2.20. The van der Waals surface area contributed by atoms with Crippen molar-refractivity contribution in [2.24, 2.45) is 0 Å². The van der Waals surface area contributed by atoms with Gasteiger partial charge in [-0.2, -0.15) is 0 Å². The SMILES string of the molecule is CCNC(c1ccc(SC)cc1)c1ccc(OC)c(F)c1. The Labute approximate surface area is 129 Å². The van der Waals surface area contributed by atoms with Crippen LogP contribution < -0.4 is 10.1 Å². The summed E-state index contributed by atoms with van der Waals surface area (Å²) in [4.78, 5) is 1.22. The second-order valence-electron chi connectivity index (χ2n) is 4.66. The molecular weight excluding hydrogens is 285 g/mol.